The SMILES string of the molecule is Cc1ccccc1[C@H]1CCCN1C(=O)[C@H]1CCCN(C(=O)C2CC2)C1. The smallest absolute Gasteiger partial charge is 0.227 e. The molecule has 3 aliphatic rings. The van der Waals surface area contributed by atoms with E-state index in [1.807, 2.05) is 4.90 Å². The topological polar surface area (TPSA) is 40.6 Å². The van der Waals surface area contributed by atoms with Crippen LogP contribution in [-0.4, -0.2) is 41.2 Å². The van der Waals surface area contributed by atoms with Crippen LogP contribution in [0.2, 0.25) is 0 Å². The standard InChI is InChI=1S/C21H28N2O2/c1-15-6-2-3-8-18(15)19-9-5-13-23(19)21(25)17-7-4-12-22(14-17)20(24)16-10-11-16/h2-3,6,8,16-17,19H,4-5,7,9-14H2,1H3/t17-,19+/m0/s1. The lowest BCUT2D eigenvalue weighted by Crippen LogP contribution is -2.47. The monoisotopic (exact) mass is 340 g/mol. The highest BCUT2D eigenvalue weighted by atomic mass is 16.2. The molecular weight excluding hydrogens is 312 g/mol. The maximum absolute atomic E-state index is 13.2. The molecule has 1 aromatic carbocycles. The van der Waals surface area contributed by atoms with E-state index >= 15 is 0 Å². The first kappa shape index (κ1) is 16.6. The molecule has 2 heterocycles. The van der Waals surface area contributed by atoms with Crippen molar-refractivity contribution in [1.29, 1.82) is 0 Å². The average Bonchev–Trinajstić information content (AvgIpc) is 3.38. The first-order valence-electron chi connectivity index (χ1n) is 9.80. The fourth-order valence-corrected chi connectivity index (χ4v) is 4.52. The fourth-order valence-electron chi connectivity index (χ4n) is 4.52. The van der Waals surface area contributed by atoms with E-state index < -0.39 is 0 Å². The van der Waals surface area contributed by atoms with Gasteiger partial charge < -0.3 is 9.80 Å². The van der Waals surface area contributed by atoms with Crippen molar-refractivity contribution in [2.24, 2.45) is 11.8 Å². The fraction of sp³-hybridized carbons (Fsp3) is 0.619. The van der Waals surface area contributed by atoms with Gasteiger partial charge in [0.1, 0.15) is 0 Å². The lowest BCUT2D eigenvalue weighted by molar-refractivity contribution is -0.142. The molecule has 2 aliphatic heterocycles. The van der Waals surface area contributed by atoms with E-state index in [1.165, 1.54) is 11.1 Å². The van der Waals surface area contributed by atoms with E-state index in [-0.39, 0.29) is 29.7 Å². The Balaban J connectivity index is 1.47. The zero-order chi connectivity index (χ0) is 17.4. The van der Waals surface area contributed by atoms with Crippen molar-refractivity contribution < 1.29 is 9.59 Å². The Hall–Kier alpha value is -1.84. The molecule has 4 nitrogen and oxygen atoms in total. The minimum Gasteiger partial charge on any atom is -0.342 e. The number of rotatable bonds is 3. The van der Waals surface area contributed by atoms with Crippen LogP contribution in [0.3, 0.4) is 0 Å². The molecule has 4 rings (SSSR count). The van der Waals surface area contributed by atoms with Gasteiger partial charge in [-0.2, -0.15) is 0 Å². The number of piperidine rings is 1. The van der Waals surface area contributed by atoms with Crippen molar-refractivity contribution in [3.63, 3.8) is 0 Å². The highest BCUT2D eigenvalue weighted by molar-refractivity contribution is 5.84. The summed E-state index contributed by atoms with van der Waals surface area (Å²) in [5, 5.41) is 0. The number of likely N-dealkylation sites (tertiary alicyclic amines) is 2. The average molecular weight is 340 g/mol. The predicted octanol–water partition coefficient (Wildman–Crippen LogP) is 3.31. The molecule has 3 fully saturated rings. The summed E-state index contributed by atoms with van der Waals surface area (Å²) in [5.41, 5.74) is 2.55. The van der Waals surface area contributed by atoms with E-state index in [0.717, 1.165) is 51.6 Å². The van der Waals surface area contributed by atoms with Gasteiger partial charge in [-0.25, -0.2) is 0 Å². The molecule has 2 saturated heterocycles. The molecule has 134 valence electrons. The van der Waals surface area contributed by atoms with Crippen LogP contribution in [-0.2, 0) is 9.59 Å². The summed E-state index contributed by atoms with van der Waals surface area (Å²) in [7, 11) is 0. The van der Waals surface area contributed by atoms with Gasteiger partial charge in [0.25, 0.3) is 0 Å². The molecule has 4 heteroatoms. The van der Waals surface area contributed by atoms with Gasteiger partial charge in [0, 0.05) is 25.6 Å². The predicted molar refractivity (Wildman–Crippen MR) is 96.9 cm³/mol. The summed E-state index contributed by atoms with van der Waals surface area (Å²) < 4.78 is 0. The van der Waals surface area contributed by atoms with Crippen molar-refractivity contribution in [3.8, 4) is 0 Å². The molecule has 1 aliphatic carbocycles. The van der Waals surface area contributed by atoms with Gasteiger partial charge in [0.2, 0.25) is 11.8 Å². The summed E-state index contributed by atoms with van der Waals surface area (Å²) in [6.07, 6.45) is 6.07. The Morgan fingerprint density at radius 2 is 1.68 bits per heavy atom. The molecule has 0 radical (unpaired) electrons. The normalized spacial score (nSPS) is 26.8. The Kier molecular flexibility index (Phi) is 4.53. The lowest BCUT2D eigenvalue weighted by atomic mass is 9.94. The third-order valence-corrected chi connectivity index (χ3v) is 6.09. The molecule has 2 atom stereocenters. The minimum atomic E-state index is -0.0129. The molecule has 0 aromatic heterocycles. The molecule has 0 spiro atoms. The maximum Gasteiger partial charge on any atom is 0.227 e. The highest BCUT2D eigenvalue weighted by Gasteiger charge is 2.39. The van der Waals surface area contributed by atoms with Crippen LogP contribution in [0.25, 0.3) is 0 Å². The second-order valence-corrected chi connectivity index (χ2v) is 7.94. The van der Waals surface area contributed by atoms with Gasteiger partial charge in [-0.3, -0.25) is 9.59 Å². The van der Waals surface area contributed by atoms with E-state index in [1.54, 1.807) is 0 Å². The summed E-state index contributed by atoms with van der Waals surface area (Å²) in [4.78, 5) is 29.7. The van der Waals surface area contributed by atoms with Crippen LogP contribution in [0.4, 0.5) is 0 Å². The van der Waals surface area contributed by atoms with Crippen molar-refractivity contribution in [2.45, 2.75) is 51.5 Å². The van der Waals surface area contributed by atoms with Gasteiger partial charge >= 0.3 is 0 Å². The molecule has 0 unspecified atom stereocenters. The zero-order valence-electron chi connectivity index (χ0n) is 15.1. The van der Waals surface area contributed by atoms with Crippen LogP contribution in [0.15, 0.2) is 24.3 Å². The molecule has 1 aromatic rings. The second kappa shape index (κ2) is 6.81. The largest absolute Gasteiger partial charge is 0.342 e. The lowest BCUT2D eigenvalue weighted by Gasteiger charge is -2.36. The molecule has 25 heavy (non-hydrogen) atoms. The number of aryl methyl sites for hydroxylation is 1. The highest BCUT2D eigenvalue weighted by Crippen LogP contribution is 2.37. The Morgan fingerprint density at radius 1 is 0.920 bits per heavy atom. The number of nitrogens with zero attached hydrogens (tertiary/aromatic N) is 2. The van der Waals surface area contributed by atoms with Gasteiger partial charge in [0.15, 0.2) is 0 Å². The third kappa shape index (κ3) is 3.31. The molecule has 2 amide bonds. The van der Waals surface area contributed by atoms with Crippen LogP contribution < -0.4 is 0 Å². The van der Waals surface area contributed by atoms with Gasteiger partial charge in [-0.15, -0.1) is 0 Å². The summed E-state index contributed by atoms with van der Waals surface area (Å²) in [6, 6.07) is 8.63. The Labute approximate surface area is 150 Å². The number of carbonyl (C=O) groups excluding carboxylic acids is 2. The number of benzene rings is 1. The zero-order valence-corrected chi connectivity index (χ0v) is 15.1. The van der Waals surface area contributed by atoms with Crippen molar-refractivity contribution in [3.05, 3.63) is 35.4 Å². The third-order valence-electron chi connectivity index (χ3n) is 6.09. The number of carbonyl (C=O) groups is 2. The van der Waals surface area contributed by atoms with Gasteiger partial charge in [0.05, 0.1) is 12.0 Å². The molecule has 0 N–H and O–H groups in total. The number of hydrogen-bond donors (Lipinski definition) is 0. The maximum atomic E-state index is 13.2. The van der Waals surface area contributed by atoms with Crippen LogP contribution in [0.5, 0.6) is 0 Å². The molecular formula is C21H28N2O2. The van der Waals surface area contributed by atoms with E-state index in [0.29, 0.717) is 6.54 Å². The van der Waals surface area contributed by atoms with Crippen molar-refractivity contribution >= 4 is 11.8 Å². The quantitative estimate of drug-likeness (QED) is 0.847. The summed E-state index contributed by atoms with van der Waals surface area (Å²) >= 11 is 0. The first-order valence-corrected chi connectivity index (χ1v) is 9.80. The number of amides is 2. The van der Waals surface area contributed by atoms with Gasteiger partial charge in [-0.1, -0.05) is 24.3 Å². The van der Waals surface area contributed by atoms with Gasteiger partial charge in [-0.05, 0) is 56.6 Å². The Bertz CT molecular complexity index is 668. The van der Waals surface area contributed by atoms with Crippen LogP contribution >= 0.6 is 0 Å². The second-order valence-electron chi connectivity index (χ2n) is 7.94. The van der Waals surface area contributed by atoms with E-state index in [4.69, 9.17) is 0 Å². The number of hydrogen-bond acceptors (Lipinski definition) is 2. The Morgan fingerprint density at radius 3 is 2.44 bits per heavy atom. The molecule has 1 saturated carbocycles. The van der Waals surface area contributed by atoms with Crippen molar-refractivity contribution in [1.82, 2.24) is 9.80 Å². The minimum absolute atomic E-state index is 0.0129. The summed E-state index contributed by atoms with van der Waals surface area (Å²) in [5.74, 6) is 0.787. The van der Waals surface area contributed by atoms with E-state index in [9.17, 15) is 9.59 Å². The summed E-state index contributed by atoms with van der Waals surface area (Å²) in [6.45, 7) is 4.45. The first-order chi connectivity index (χ1) is 12.1. The molecule has 0 bridgehead atoms. The van der Waals surface area contributed by atoms with Crippen LogP contribution in [0, 0.1) is 18.8 Å². The van der Waals surface area contributed by atoms with Crippen LogP contribution in [0.1, 0.15) is 55.7 Å². The van der Waals surface area contributed by atoms with Crippen molar-refractivity contribution in [2.75, 3.05) is 19.6 Å². The van der Waals surface area contributed by atoms with E-state index in [2.05, 4.69) is 36.1 Å².